The molecule has 4 rings (SSSR count). The highest BCUT2D eigenvalue weighted by Crippen LogP contribution is 2.33. The fourth-order valence-electron chi connectivity index (χ4n) is 3.22. The number of para-hydroxylation sites is 1. The maximum absolute atomic E-state index is 12.8. The number of aromatic nitrogens is 2. The van der Waals surface area contributed by atoms with Gasteiger partial charge in [-0.15, -0.1) is 16.9 Å². The number of thioether (sulfide) groups is 1. The number of nitrogens with zero attached hydrogens (tertiary/aromatic N) is 2. The largest absolute Gasteiger partial charge is 0.457 e. The minimum absolute atomic E-state index is 0.0471. The first kappa shape index (κ1) is 21.3. The Bertz CT molecular complexity index is 1040. The molecule has 1 saturated heterocycles. The summed E-state index contributed by atoms with van der Waals surface area (Å²) in [5, 5.41) is 9.51. The molecule has 2 heterocycles. The number of benzene rings is 2. The molecule has 9 heteroatoms. The van der Waals surface area contributed by atoms with Crippen molar-refractivity contribution < 1.29 is 14.3 Å². The van der Waals surface area contributed by atoms with E-state index in [2.05, 4.69) is 20.2 Å². The van der Waals surface area contributed by atoms with Crippen molar-refractivity contribution in [3.8, 4) is 11.5 Å². The maximum atomic E-state index is 12.8. The van der Waals surface area contributed by atoms with E-state index in [4.69, 9.17) is 4.74 Å². The van der Waals surface area contributed by atoms with Crippen LogP contribution < -0.4 is 15.4 Å². The minimum atomic E-state index is -0.292. The average Bonchev–Trinajstić information content (AvgIpc) is 3.12. The van der Waals surface area contributed by atoms with Crippen molar-refractivity contribution >= 4 is 35.1 Å². The molecular weight excluding hydrogens is 432 g/mol. The van der Waals surface area contributed by atoms with Crippen LogP contribution in [0, 0.1) is 6.92 Å². The van der Waals surface area contributed by atoms with E-state index in [9.17, 15) is 9.59 Å². The van der Waals surface area contributed by atoms with Gasteiger partial charge in [0, 0.05) is 12.6 Å². The van der Waals surface area contributed by atoms with E-state index in [-0.39, 0.29) is 23.1 Å². The van der Waals surface area contributed by atoms with Gasteiger partial charge in [0.05, 0.1) is 5.69 Å². The Kier molecular flexibility index (Phi) is 6.83. The van der Waals surface area contributed by atoms with Crippen LogP contribution in [0.4, 0.5) is 0 Å². The fraction of sp³-hybridized carbons (Fsp3) is 0.273. The molecule has 7 nitrogen and oxygen atoms in total. The number of carbonyl (C=O) groups is 2. The third-order valence-corrected chi connectivity index (χ3v) is 6.98. The molecule has 2 N–H and O–H groups in total. The second-order valence-electron chi connectivity index (χ2n) is 7.13. The first-order chi connectivity index (χ1) is 15.1. The predicted molar refractivity (Wildman–Crippen MR) is 122 cm³/mol. The Morgan fingerprint density at radius 2 is 1.90 bits per heavy atom. The van der Waals surface area contributed by atoms with Gasteiger partial charge in [0.25, 0.3) is 5.91 Å². The highest BCUT2D eigenvalue weighted by Gasteiger charge is 2.28. The van der Waals surface area contributed by atoms with Crippen LogP contribution in [-0.4, -0.2) is 39.7 Å². The molecule has 0 unspecified atom stereocenters. The lowest BCUT2D eigenvalue weighted by Crippen LogP contribution is -2.43. The monoisotopic (exact) mass is 454 g/mol. The molecule has 2 amide bonds. The van der Waals surface area contributed by atoms with Gasteiger partial charge in [0.15, 0.2) is 0 Å². The van der Waals surface area contributed by atoms with Gasteiger partial charge >= 0.3 is 0 Å². The second kappa shape index (κ2) is 9.93. The van der Waals surface area contributed by atoms with Gasteiger partial charge in [-0.25, -0.2) is 0 Å². The average molecular weight is 455 g/mol. The molecule has 1 fully saturated rings. The summed E-state index contributed by atoms with van der Waals surface area (Å²) < 4.78 is 9.61. The predicted octanol–water partition coefficient (Wildman–Crippen LogP) is 3.73. The Labute approximate surface area is 188 Å². The Hall–Kier alpha value is -2.91. The van der Waals surface area contributed by atoms with E-state index in [1.54, 1.807) is 18.7 Å². The molecule has 2 atom stereocenters. The molecular formula is C22H22N4O3S2. The van der Waals surface area contributed by atoms with E-state index in [1.807, 2.05) is 54.6 Å². The number of hydrogen-bond donors (Lipinski definition) is 2. The summed E-state index contributed by atoms with van der Waals surface area (Å²) in [4.78, 5) is 25.6. The van der Waals surface area contributed by atoms with Gasteiger partial charge in [-0.05, 0) is 60.5 Å². The zero-order chi connectivity index (χ0) is 21.6. The summed E-state index contributed by atoms with van der Waals surface area (Å²) in [6.45, 7) is 2.13. The fourth-order valence-corrected chi connectivity index (χ4v) is 5.02. The summed E-state index contributed by atoms with van der Waals surface area (Å²) in [5.74, 6) is 2.06. The first-order valence-corrected chi connectivity index (χ1v) is 11.7. The van der Waals surface area contributed by atoms with E-state index >= 15 is 0 Å². The molecule has 31 heavy (non-hydrogen) atoms. The van der Waals surface area contributed by atoms with Crippen LogP contribution in [-0.2, 0) is 4.79 Å². The summed E-state index contributed by atoms with van der Waals surface area (Å²) in [6, 6.07) is 17.1. The number of rotatable bonds is 6. The molecule has 0 saturated carbocycles. The molecule has 0 spiro atoms. The first-order valence-electron chi connectivity index (χ1n) is 9.92. The molecule has 3 aromatic rings. The zero-order valence-corrected chi connectivity index (χ0v) is 18.5. The van der Waals surface area contributed by atoms with E-state index in [0.29, 0.717) is 17.1 Å². The van der Waals surface area contributed by atoms with E-state index in [0.717, 1.165) is 40.8 Å². The van der Waals surface area contributed by atoms with Gasteiger partial charge in [-0.2, -0.15) is 0 Å². The maximum Gasteiger partial charge on any atom is 0.265 e. The standard InChI is InChI=1S/C22H22N4O3S2/c1-14-19(31-26-25-14)21(27)23-13-16-11-12-30-20(22(28)24-16)15-7-9-18(10-8-15)29-17-5-3-2-4-6-17/h2-10,16,20H,11-13H2,1H3,(H,23,27)(H,24,28)/t16-,20+/m0/s1. The zero-order valence-electron chi connectivity index (χ0n) is 16.9. The van der Waals surface area contributed by atoms with Crippen molar-refractivity contribution in [3.63, 3.8) is 0 Å². The molecule has 0 aliphatic carbocycles. The van der Waals surface area contributed by atoms with Crippen LogP contribution in [0.2, 0.25) is 0 Å². The number of nitrogens with one attached hydrogen (secondary N) is 2. The van der Waals surface area contributed by atoms with Crippen molar-refractivity contribution in [1.29, 1.82) is 0 Å². The quantitative estimate of drug-likeness (QED) is 0.590. The van der Waals surface area contributed by atoms with Crippen molar-refractivity contribution in [1.82, 2.24) is 20.2 Å². The lowest BCUT2D eigenvalue weighted by molar-refractivity contribution is -0.121. The topological polar surface area (TPSA) is 93.2 Å². The Morgan fingerprint density at radius 1 is 1.16 bits per heavy atom. The van der Waals surface area contributed by atoms with Crippen molar-refractivity contribution in [2.24, 2.45) is 0 Å². The van der Waals surface area contributed by atoms with Crippen molar-refractivity contribution in [2.45, 2.75) is 24.6 Å². The van der Waals surface area contributed by atoms with Crippen LogP contribution in [0.1, 0.15) is 32.6 Å². The molecule has 0 bridgehead atoms. The highest BCUT2D eigenvalue weighted by atomic mass is 32.2. The third-order valence-electron chi connectivity index (χ3n) is 4.86. The normalized spacial score (nSPS) is 18.7. The van der Waals surface area contributed by atoms with E-state index < -0.39 is 0 Å². The number of carbonyl (C=O) groups excluding carboxylic acids is 2. The molecule has 1 aromatic heterocycles. The Morgan fingerprint density at radius 3 is 2.61 bits per heavy atom. The van der Waals surface area contributed by atoms with Crippen LogP contribution in [0.25, 0.3) is 0 Å². The summed E-state index contributed by atoms with van der Waals surface area (Å²) in [5.41, 5.74) is 1.54. The van der Waals surface area contributed by atoms with Gasteiger partial charge in [0.1, 0.15) is 21.6 Å². The van der Waals surface area contributed by atoms with E-state index in [1.165, 1.54) is 0 Å². The minimum Gasteiger partial charge on any atom is -0.457 e. The van der Waals surface area contributed by atoms with Gasteiger partial charge in [0.2, 0.25) is 5.91 Å². The lowest BCUT2D eigenvalue weighted by Gasteiger charge is -2.18. The molecule has 1 aliphatic heterocycles. The SMILES string of the molecule is Cc1nnsc1C(=O)NC[C@@H]1CCS[C@H](c2ccc(Oc3ccccc3)cc2)C(=O)N1. The molecule has 2 aromatic carbocycles. The van der Waals surface area contributed by atoms with Gasteiger partial charge in [-0.1, -0.05) is 34.8 Å². The molecule has 160 valence electrons. The Balaban J connectivity index is 1.34. The number of amides is 2. The lowest BCUT2D eigenvalue weighted by atomic mass is 10.1. The summed E-state index contributed by atoms with van der Waals surface area (Å²) >= 11 is 2.68. The van der Waals surface area contributed by atoms with Crippen LogP contribution in [0.3, 0.4) is 0 Å². The molecule has 1 aliphatic rings. The second-order valence-corrected chi connectivity index (χ2v) is 9.09. The van der Waals surface area contributed by atoms with Gasteiger partial charge < -0.3 is 15.4 Å². The third kappa shape index (κ3) is 5.42. The molecule has 0 radical (unpaired) electrons. The summed E-state index contributed by atoms with van der Waals surface area (Å²) in [7, 11) is 0. The van der Waals surface area contributed by atoms with Crippen LogP contribution in [0.15, 0.2) is 54.6 Å². The smallest absolute Gasteiger partial charge is 0.265 e. The van der Waals surface area contributed by atoms with Crippen LogP contribution >= 0.6 is 23.3 Å². The number of aryl methyl sites for hydroxylation is 1. The summed E-state index contributed by atoms with van der Waals surface area (Å²) in [6.07, 6.45) is 0.780. The van der Waals surface area contributed by atoms with Crippen molar-refractivity contribution in [2.75, 3.05) is 12.3 Å². The number of ether oxygens (including phenoxy) is 1. The number of hydrogen-bond acceptors (Lipinski definition) is 7. The highest BCUT2D eigenvalue weighted by molar-refractivity contribution is 8.00. The van der Waals surface area contributed by atoms with Crippen molar-refractivity contribution in [3.05, 3.63) is 70.7 Å². The van der Waals surface area contributed by atoms with Crippen LogP contribution in [0.5, 0.6) is 11.5 Å². The van der Waals surface area contributed by atoms with Gasteiger partial charge in [-0.3, -0.25) is 9.59 Å².